The molecule has 1 atom stereocenters. The van der Waals surface area contributed by atoms with Crippen LogP contribution >= 0.6 is 15.9 Å². The summed E-state index contributed by atoms with van der Waals surface area (Å²) in [7, 11) is 1.54. The lowest BCUT2D eigenvalue weighted by atomic mass is 10.3. The summed E-state index contributed by atoms with van der Waals surface area (Å²) in [6.45, 7) is 0.612. The van der Waals surface area contributed by atoms with Crippen LogP contribution < -0.4 is 5.32 Å². The standard InChI is InChI=1S/C11H13BrN2O3/c1-16-6-8(15)5-13-11-14-9-4-7(12)2-3-10(9)17-11/h2-4,8,15H,5-6H2,1H3,(H,13,14)/t8-/m1/s1. The van der Waals surface area contributed by atoms with Crippen molar-refractivity contribution in [2.75, 3.05) is 25.6 Å². The molecule has 0 saturated heterocycles. The number of benzene rings is 1. The molecule has 0 aliphatic rings. The quantitative estimate of drug-likeness (QED) is 0.884. The molecular formula is C11H13BrN2O3. The zero-order chi connectivity index (χ0) is 12.3. The molecule has 2 aromatic rings. The molecule has 1 aromatic carbocycles. The van der Waals surface area contributed by atoms with Crippen LogP contribution in [0.25, 0.3) is 11.1 Å². The normalized spacial score (nSPS) is 12.9. The molecule has 0 amide bonds. The fourth-order valence-corrected chi connectivity index (χ4v) is 1.78. The van der Waals surface area contributed by atoms with Crippen LogP contribution in [0.5, 0.6) is 0 Å². The minimum absolute atomic E-state index is 0.277. The van der Waals surface area contributed by atoms with Crippen molar-refractivity contribution < 1.29 is 14.3 Å². The average Bonchev–Trinajstić information content (AvgIpc) is 2.68. The maximum Gasteiger partial charge on any atom is 0.295 e. The number of aliphatic hydroxyl groups is 1. The maximum absolute atomic E-state index is 9.47. The van der Waals surface area contributed by atoms with Crippen molar-refractivity contribution in [2.45, 2.75) is 6.10 Å². The molecule has 5 nitrogen and oxygen atoms in total. The Morgan fingerprint density at radius 1 is 1.59 bits per heavy atom. The lowest BCUT2D eigenvalue weighted by molar-refractivity contribution is 0.0724. The van der Waals surface area contributed by atoms with Crippen molar-refractivity contribution in [1.82, 2.24) is 4.98 Å². The van der Waals surface area contributed by atoms with Gasteiger partial charge in [-0.25, -0.2) is 0 Å². The lowest BCUT2D eigenvalue weighted by Crippen LogP contribution is -2.24. The van der Waals surface area contributed by atoms with E-state index in [4.69, 9.17) is 9.15 Å². The molecule has 0 radical (unpaired) electrons. The topological polar surface area (TPSA) is 67.5 Å². The van der Waals surface area contributed by atoms with Gasteiger partial charge in [-0.15, -0.1) is 0 Å². The highest BCUT2D eigenvalue weighted by Gasteiger charge is 2.08. The Morgan fingerprint density at radius 2 is 2.41 bits per heavy atom. The van der Waals surface area contributed by atoms with Gasteiger partial charge in [0, 0.05) is 18.1 Å². The summed E-state index contributed by atoms with van der Waals surface area (Å²) in [5, 5.41) is 12.4. The summed E-state index contributed by atoms with van der Waals surface area (Å²) in [5.41, 5.74) is 1.47. The molecule has 0 unspecified atom stereocenters. The summed E-state index contributed by atoms with van der Waals surface area (Å²) in [6.07, 6.45) is -0.582. The first kappa shape index (κ1) is 12.3. The summed E-state index contributed by atoms with van der Waals surface area (Å²) < 4.78 is 11.2. The molecule has 92 valence electrons. The highest BCUT2D eigenvalue weighted by molar-refractivity contribution is 9.10. The monoisotopic (exact) mass is 300 g/mol. The summed E-state index contributed by atoms with van der Waals surface area (Å²) in [4.78, 5) is 4.25. The van der Waals surface area contributed by atoms with Crippen LogP contribution in [0.2, 0.25) is 0 Å². The van der Waals surface area contributed by atoms with Crippen molar-refractivity contribution in [3.63, 3.8) is 0 Å². The van der Waals surface area contributed by atoms with E-state index in [0.717, 1.165) is 9.99 Å². The van der Waals surface area contributed by atoms with Crippen molar-refractivity contribution in [2.24, 2.45) is 0 Å². The predicted octanol–water partition coefficient (Wildman–Crippen LogP) is 2.01. The highest BCUT2D eigenvalue weighted by atomic mass is 79.9. The number of halogens is 1. The van der Waals surface area contributed by atoms with E-state index >= 15 is 0 Å². The molecule has 0 aliphatic heterocycles. The Balaban J connectivity index is 2.04. The van der Waals surface area contributed by atoms with Crippen LogP contribution in [0, 0.1) is 0 Å². The van der Waals surface area contributed by atoms with Gasteiger partial charge in [0.2, 0.25) is 0 Å². The minimum Gasteiger partial charge on any atom is -0.424 e. The number of methoxy groups -OCH3 is 1. The fraction of sp³-hybridized carbons (Fsp3) is 0.364. The number of rotatable bonds is 5. The van der Waals surface area contributed by atoms with Gasteiger partial charge in [-0.05, 0) is 18.2 Å². The molecule has 17 heavy (non-hydrogen) atoms. The SMILES string of the molecule is COC[C@H](O)CNc1nc2cc(Br)ccc2o1. The molecular weight excluding hydrogens is 288 g/mol. The first-order valence-electron chi connectivity index (χ1n) is 5.16. The number of fused-ring (bicyclic) bond motifs is 1. The third-order valence-corrected chi connectivity index (χ3v) is 2.69. The van der Waals surface area contributed by atoms with Crippen LogP contribution in [0.1, 0.15) is 0 Å². The average molecular weight is 301 g/mol. The van der Waals surface area contributed by atoms with Gasteiger partial charge in [-0.3, -0.25) is 0 Å². The Morgan fingerprint density at radius 3 is 3.18 bits per heavy atom. The number of nitrogens with one attached hydrogen (secondary N) is 1. The number of aromatic nitrogens is 1. The molecule has 0 saturated carbocycles. The molecule has 0 aliphatic carbocycles. The van der Waals surface area contributed by atoms with Gasteiger partial charge < -0.3 is 19.6 Å². The first-order valence-corrected chi connectivity index (χ1v) is 5.95. The predicted molar refractivity (Wildman–Crippen MR) is 68.1 cm³/mol. The largest absolute Gasteiger partial charge is 0.424 e. The number of hydrogen-bond donors (Lipinski definition) is 2. The second kappa shape index (κ2) is 5.48. The Hall–Kier alpha value is -1.11. The van der Waals surface area contributed by atoms with Crippen LogP contribution in [-0.2, 0) is 4.74 Å². The van der Waals surface area contributed by atoms with E-state index in [1.807, 2.05) is 18.2 Å². The number of aliphatic hydroxyl groups excluding tert-OH is 1. The number of nitrogens with zero attached hydrogens (tertiary/aromatic N) is 1. The van der Waals surface area contributed by atoms with Gasteiger partial charge in [-0.1, -0.05) is 15.9 Å². The van der Waals surface area contributed by atoms with Crippen LogP contribution in [0.3, 0.4) is 0 Å². The number of hydrogen-bond acceptors (Lipinski definition) is 5. The van der Waals surface area contributed by atoms with Gasteiger partial charge in [0.25, 0.3) is 6.01 Å². The zero-order valence-corrected chi connectivity index (χ0v) is 10.9. The molecule has 1 heterocycles. The summed E-state index contributed by atoms with van der Waals surface area (Å²) in [5.74, 6) is 0. The molecule has 2 rings (SSSR count). The van der Waals surface area contributed by atoms with E-state index in [9.17, 15) is 5.11 Å². The van der Waals surface area contributed by atoms with Crippen LogP contribution in [0.4, 0.5) is 6.01 Å². The molecule has 0 fully saturated rings. The van der Waals surface area contributed by atoms with Gasteiger partial charge in [0.05, 0.1) is 12.7 Å². The Labute approximate surface area is 107 Å². The minimum atomic E-state index is -0.582. The van der Waals surface area contributed by atoms with E-state index in [0.29, 0.717) is 18.1 Å². The van der Waals surface area contributed by atoms with E-state index in [1.165, 1.54) is 0 Å². The van der Waals surface area contributed by atoms with Crippen molar-refractivity contribution in [1.29, 1.82) is 0 Å². The summed E-state index contributed by atoms with van der Waals surface area (Å²) in [6, 6.07) is 5.99. The van der Waals surface area contributed by atoms with E-state index in [2.05, 4.69) is 26.2 Å². The molecule has 1 aromatic heterocycles. The number of oxazole rings is 1. The second-order valence-corrected chi connectivity index (χ2v) is 4.54. The third-order valence-electron chi connectivity index (χ3n) is 2.20. The van der Waals surface area contributed by atoms with Crippen LogP contribution in [-0.4, -0.2) is 36.5 Å². The van der Waals surface area contributed by atoms with E-state index in [-0.39, 0.29) is 6.61 Å². The van der Waals surface area contributed by atoms with Crippen molar-refractivity contribution in [3.8, 4) is 0 Å². The van der Waals surface area contributed by atoms with E-state index in [1.54, 1.807) is 7.11 Å². The van der Waals surface area contributed by atoms with Gasteiger partial charge in [-0.2, -0.15) is 4.98 Å². The molecule has 0 spiro atoms. The van der Waals surface area contributed by atoms with Gasteiger partial charge in [0.15, 0.2) is 5.58 Å². The fourth-order valence-electron chi connectivity index (χ4n) is 1.43. The lowest BCUT2D eigenvalue weighted by Gasteiger charge is -2.08. The maximum atomic E-state index is 9.47. The third kappa shape index (κ3) is 3.18. The molecule has 0 bridgehead atoms. The molecule has 2 N–H and O–H groups in total. The highest BCUT2D eigenvalue weighted by Crippen LogP contribution is 2.22. The number of anilines is 1. The summed E-state index contributed by atoms with van der Waals surface area (Å²) >= 11 is 3.37. The van der Waals surface area contributed by atoms with Crippen LogP contribution in [0.15, 0.2) is 27.1 Å². The smallest absolute Gasteiger partial charge is 0.295 e. The van der Waals surface area contributed by atoms with Gasteiger partial charge in [0.1, 0.15) is 5.52 Å². The Kier molecular flexibility index (Phi) is 3.98. The van der Waals surface area contributed by atoms with Crippen molar-refractivity contribution in [3.05, 3.63) is 22.7 Å². The van der Waals surface area contributed by atoms with E-state index < -0.39 is 6.10 Å². The van der Waals surface area contributed by atoms with Crippen molar-refractivity contribution >= 4 is 33.0 Å². The van der Waals surface area contributed by atoms with Gasteiger partial charge >= 0.3 is 0 Å². The molecule has 6 heteroatoms. The zero-order valence-electron chi connectivity index (χ0n) is 9.31. The number of ether oxygens (including phenoxy) is 1. The Bertz CT molecular complexity index is 500. The first-order chi connectivity index (χ1) is 8.19. The second-order valence-electron chi connectivity index (χ2n) is 3.62.